The van der Waals surface area contributed by atoms with E-state index in [1.54, 1.807) is 29.1 Å². The second kappa shape index (κ2) is 4.38. The average molecular weight is 218 g/mol. The summed E-state index contributed by atoms with van der Waals surface area (Å²) in [6, 6.07) is 6.83. The van der Waals surface area contributed by atoms with Gasteiger partial charge in [-0.15, -0.1) is 0 Å². The first-order chi connectivity index (χ1) is 7.65. The lowest BCUT2D eigenvalue weighted by atomic mass is 9.83. The molecule has 2 rings (SSSR count). The second-order valence-corrected chi connectivity index (χ2v) is 3.51. The number of aromatic hydroxyl groups is 1. The Morgan fingerprint density at radius 2 is 2.12 bits per heavy atom. The SMILES string of the molecule is OB(O)c1cnn(Cc2cccc(O)c2)c1. The van der Waals surface area contributed by atoms with E-state index in [0.29, 0.717) is 12.0 Å². The van der Waals surface area contributed by atoms with Crippen molar-refractivity contribution in [2.24, 2.45) is 0 Å². The molecule has 0 radical (unpaired) electrons. The Kier molecular flexibility index (Phi) is 2.94. The molecule has 6 heteroatoms. The molecular formula is C10H11BN2O3. The first kappa shape index (κ1) is 10.7. The maximum Gasteiger partial charge on any atom is 0.491 e. The van der Waals surface area contributed by atoms with Crippen molar-refractivity contribution in [3.63, 3.8) is 0 Å². The lowest BCUT2D eigenvalue weighted by Gasteiger charge is -2.02. The molecule has 5 nitrogen and oxygen atoms in total. The number of benzene rings is 1. The highest BCUT2D eigenvalue weighted by atomic mass is 16.4. The van der Waals surface area contributed by atoms with Crippen LogP contribution in [0.4, 0.5) is 0 Å². The van der Waals surface area contributed by atoms with Crippen LogP contribution in [0.3, 0.4) is 0 Å². The van der Waals surface area contributed by atoms with Crippen molar-refractivity contribution in [1.29, 1.82) is 0 Å². The summed E-state index contributed by atoms with van der Waals surface area (Å²) in [5.74, 6) is 0.201. The highest BCUT2D eigenvalue weighted by Crippen LogP contribution is 2.11. The summed E-state index contributed by atoms with van der Waals surface area (Å²) in [5, 5.41) is 31.1. The molecule has 3 N–H and O–H groups in total. The van der Waals surface area contributed by atoms with E-state index in [4.69, 9.17) is 10.0 Å². The van der Waals surface area contributed by atoms with Crippen molar-refractivity contribution >= 4 is 12.6 Å². The highest BCUT2D eigenvalue weighted by Gasteiger charge is 2.12. The average Bonchev–Trinajstić information content (AvgIpc) is 2.66. The summed E-state index contributed by atoms with van der Waals surface area (Å²) in [6.45, 7) is 0.473. The van der Waals surface area contributed by atoms with Gasteiger partial charge in [0.15, 0.2) is 0 Å². The van der Waals surface area contributed by atoms with E-state index in [0.717, 1.165) is 5.56 Å². The topological polar surface area (TPSA) is 78.5 Å². The van der Waals surface area contributed by atoms with Crippen LogP contribution in [0.15, 0.2) is 36.7 Å². The number of rotatable bonds is 3. The fourth-order valence-corrected chi connectivity index (χ4v) is 1.44. The van der Waals surface area contributed by atoms with Crippen molar-refractivity contribution in [3.05, 3.63) is 42.2 Å². The lowest BCUT2D eigenvalue weighted by molar-refractivity contribution is 0.425. The Bertz CT molecular complexity index is 484. The van der Waals surface area contributed by atoms with Gasteiger partial charge in [0.1, 0.15) is 5.75 Å². The first-order valence-electron chi connectivity index (χ1n) is 4.81. The van der Waals surface area contributed by atoms with Gasteiger partial charge in [0.2, 0.25) is 0 Å². The summed E-state index contributed by atoms with van der Waals surface area (Å²) in [5.41, 5.74) is 1.24. The Morgan fingerprint density at radius 3 is 2.75 bits per heavy atom. The molecule has 1 aromatic carbocycles. The second-order valence-electron chi connectivity index (χ2n) is 3.51. The van der Waals surface area contributed by atoms with Crippen LogP contribution >= 0.6 is 0 Å². The quantitative estimate of drug-likeness (QED) is 0.596. The maximum atomic E-state index is 9.27. The van der Waals surface area contributed by atoms with Crippen LogP contribution < -0.4 is 5.46 Å². The minimum atomic E-state index is -1.50. The Morgan fingerprint density at radius 1 is 1.31 bits per heavy atom. The molecule has 0 amide bonds. The van der Waals surface area contributed by atoms with Crippen LogP contribution in [0.5, 0.6) is 5.75 Å². The van der Waals surface area contributed by atoms with Gasteiger partial charge in [-0.05, 0) is 17.7 Å². The summed E-state index contributed by atoms with van der Waals surface area (Å²) < 4.78 is 1.57. The van der Waals surface area contributed by atoms with E-state index in [-0.39, 0.29) is 5.75 Å². The van der Waals surface area contributed by atoms with E-state index in [1.807, 2.05) is 6.07 Å². The molecule has 0 aliphatic carbocycles. The molecule has 1 aromatic heterocycles. The minimum absolute atomic E-state index is 0.201. The Labute approximate surface area is 92.7 Å². The van der Waals surface area contributed by atoms with Gasteiger partial charge in [-0.25, -0.2) is 0 Å². The Hall–Kier alpha value is -1.79. The molecule has 0 fully saturated rings. The van der Waals surface area contributed by atoms with Gasteiger partial charge in [-0.2, -0.15) is 5.10 Å². The largest absolute Gasteiger partial charge is 0.508 e. The fourth-order valence-electron chi connectivity index (χ4n) is 1.44. The normalized spacial score (nSPS) is 10.4. The number of phenolic OH excluding ortho intramolecular Hbond substituents is 1. The van der Waals surface area contributed by atoms with Gasteiger partial charge in [-0.1, -0.05) is 12.1 Å². The number of phenols is 1. The molecule has 2 aromatic rings. The van der Waals surface area contributed by atoms with Crippen molar-refractivity contribution < 1.29 is 15.2 Å². The van der Waals surface area contributed by atoms with Crippen molar-refractivity contribution in [2.45, 2.75) is 6.54 Å². The van der Waals surface area contributed by atoms with Crippen LogP contribution in [-0.2, 0) is 6.54 Å². The number of aromatic nitrogens is 2. The molecule has 16 heavy (non-hydrogen) atoms. The van der Waals surface area contributed by atoms with Gasteiger partial charge >= 0.3 is 7.12 Å². The third kappa shape index (κ3) is 2.42. The lowest BCUT2D eigenvalue weighted by Crippen LogP contribution is -2.28. The minimum Gasteiger partial charge on any atom is -0.508 e. The van der Waals surface area contributed by atoms with E-state index in [9.17, 15) is 5.11 Å². The number of hydrogen-bond acceptors (Lipinski definition) is 4. The van der Waals surface area contributed by atoms with Crippen LogP contribution in [0.2, 0.25) is 0 Å². The van der Waals surface area contributed by atoms with E-state index in [1.165, 1.54) is 6.20 Å². The summed E-state index contributed by atoms with van der Waals surface area (Å²) in [7, 11) is -1.50. The van der Waals surface area contributed by atoms with Crippen molar-refractivity contribution in [1.82, 2.24) is 9.78 Å². The van der Waals surface area contributed by atoms with Gasteiger partial charge < -0.3 is 15.2 Å². The molecule has 82 valence electrons. The van der Waals surface area contributed by atoms with Crippen LogP contribution in [0.1, 0.15) is 5.56 Å². The van der Waals surface area contributed by atoms with Gasteiger partial charge in [0, 0.05) is 17.9 Å². The first-order valence-corrected chi connectivity index (χ1v) is 4.81. The van der Waals surface area contributed by atoms with Crippen LogP contribution in [-0.4, -0.2) is 32.1 Å². The zero-order valence-corrected chi connectivity index (χ0v) is 8.48. The number of nitrogens with zero attached hydrogens (tertiary/aromatic N) is 2. The van der Waals surface area contributed by atoms with Crippen LogP contribution in [0, 0.1) is 0 Å². The van der Waals surface area contributed by atoms with E-state index in [2.05, 4.69) is 5.10 Å². The molecule has 0 saturated heterocycles. The zero-order chi connectivity index (χ0) is 11.5. The summed E-state index contributed by atoms with van der Waals surface area (Å²) in [4.78, 5) is 0. The number of hydrogen-bond donors (Lipinski definition) is 3. The molecular weight excluding hydrogens is 207 g/mol. The third-order valence-electron chi connectivity index (χ3n) is 2.21. The van der Waals surface area contributed by atoms with Crippen molar-refractivity contribution in [3.8, 4) is 5.75 Å². The predicted molar refractivity (Wildman–Crippen MR) is 59.3 cm³/mol. The zero-order valence-electron chi connectivity index (χ0n) is 8.48. The van der Waals surface area contributed by atoms with E-state index >= 15 is 0 Å². The van der Waals surface area contributed by atoms with Gasteiger partial charge in [0.25, 0.3) is 0 Å². The molecule has 0 atom stereocenters. The Balaban J connectivity index is 2.14. The van der Waals surface area contributed by atoms with Gasteiger partial charge in [0.05, 0.1) is 6.54 Å². The fraction of sp³-hybridized carbons (Fsp3) is 0.100. The maximum absolute atomic E-state index is 9.27. The van der Waals surface area contributed by atoms with Crippen molar-refractivity contribution in [2.75, 3.05) is 0 Å². The molecule has 0 unspecified atom stereocenters. The molecule has 0 aliphatic heterocycles. The smallest absolute Gasteiger partial charge is 0.491 e. The van der Waals surface area contributed by atoms with Crippen LogP contribution in [0.25, 0.3) is 0 Å². The predicted octanol–water partition coefficient (Wildman–Crippen LogP) is -0.683. The summed E-state index contributed by atoms with van der Waals surface area (Å²) in [6.07, 6.45) is 2.95. The molecule has 0 spiro atoms. The molecule has 0 saturated carbocycles. The summed E-state index contributed by atoms with van der Waals surface area (Å²) >= 11 is 0. The highest BCUT2D eigenvalue weighted by molar-refractivity contribution is 6.58. The third-order valence-corrected chi connectivity index (χ3v) is 2.21. The van der Waals surface area contributed by atoms with Gasteiger partial charge in [-0.3, -0.25) is 4.68 Å². The standard InChI is InChI=1S/C10H11BN2O3/c14-10-3-1-2-8(4-10)6-13-7-9(5-12-13)11(15)16/h1-5,7,14-16H,6H2. The van der Waals surface area contributed by atoms with E-state index < -0.39 is 7.12 Å². The molecule has 1 heterocycles. The molecule has 0 bridgehead atoms. The monoisotopic (exact) mass is 218 g/mol. The molecule has 0 aliphatic rings.